The number of aliphatic carboxylic acids is 1. The van der Waals surface area contributed by atoms with Crippen LogP contribution >= 0.6 is 15.9 Å². The number of carboxylic acids is 1. The molecule has 0 saturated heterocycles. The van der Waals surface area contributed by atoms with Gasteiger partial charge in [-0.3, -0.25) is 10.1 Å². The van der Waals surface area contributed by atoms with Crippen molar-refractivity contribution in [2.75, 3.05) is 0 Å². The smallest absolute Gasteiger partial charge is 0.325 e. The molecule has 0 spiro atoms. The van der Waals surface area contributed by atoms with Gasteiger partial charge in [0.05, 0.1) is 0 Å². The molecule has 0 aromatic heterocycles. The molecule has 0 amide bonds. The average molecular weight is 338 g/mol. The van der Waals surface area contributed by atoms with Crippen LogP contribution in [0.25, 0.3) is 0 Å². The SMILES string of the molecule is O=C(O)C(NCc1ccc(Br)cc1F)c1ccccc1. The molecule has 104 valence electrons. The molecule has 1 unspecified atom stereocenters. The van der Waals surface area contributed by atoms with E-state index in [9.17, 15) is 14.3 Å². The Kier molecular flexibility index (Phi) is 4.87. The summed E-state index contributed by atoms with van der Waals surface area (Å²) < 4.78 is 14.3. The summed E-state index contributed by atoms with van der Waals surface area (Å²) in [6.07, 6.45) is 0. The minimum atomic E-state index is -0.992. The number of nitrogens with one attached hydrogen (secondary N) is 1. The zero-order valence-corrected chi connectivity index (χ0v) is 12.1. The van der Waals surface area contributed by atoms with E-state index in [0.29, 0.717) is 15.6 Å². The lowest BCUT2D eigenvalue weighted by Gasteiger charge is -2.15. The Morgan fingerprint density at radius 2 is 1.95 bits per heavy atom. The van der Waals surface area contributed by atoms with Gasteiger partial charge in [0.2, 0.25) is 0 Å². The Labute approximate surface area is 124 Å². The van der Waals surface area contributed by atoms with Gasteiger partial charge in [-0.2, -0.15) is 0 Å². The second kappa shape index (κ2) is 6.63. The molecule has 2 aromatic carbocycles. The van der Waals surface area contributed by atoms with Crippen LogP contribution in [-0.2, 0) is 11.3 Å². The van der Waals surface area contributed by atoms with Crippen molar-refractivity contribution in [1.82, 2.24) is 5.32 Å². The lowest BCUT2D eigenvalue weighted by Crippen LogP contribution is -2.28. The highest BCUT2D eigenvalue weighted by molar-refractivity contribution is 9.10. The number of benzene rings is 2. The summed E-state index contributed by atoms with van der Waals surface area (Å²) in [6, 6.07) is 12.6. The van der Waals surface area contributed by atoms with Crippen LogP contribution in [0.15, 0.2) is 53.0 Å². The van der Waals surface area contributed by atoms with Crippen LogP contribution in [0.1, 0.15) is 17.2 Å². The van der Waals surface area contributed by atoms with Gasteiger partial charge >= 0.3 is 5.97 Å². The number of hydrogen-bond acceptors (Lipinski definition) is 2. The largest absolute Gasteiger partial charge is 0.480 e. The predicted molar refractivity (Wildman–Crippen MR) is 77.8 cm³/mol. The first-order valence-corrected chi connectivity index (χ1v) is 6.82. The van der Waals surface area contributed by atoms with Gasteiger partial charge in [-0.25, -0.2) is 4.39 Å². The molecule has 0 aliphatic heterocycles. The third-order valence-corrected chi connectivity index (χ3v) is 3.38. The van der Waals surface area contributed by atoms with Crippen molar-refractivity contribution in [3.05, 3.63) is 69.9 Å². The Morgan fingerprint density at radius 3 is 2.55 bits per heavy atom. The van der Waals surface area contributed by atoms with E-state index in [1.807, 2.05) is 6.07 Å². The van der Waals surface area contributed by atoms with Gasteiger partial charge in [-0.15, -0.1) is 0 Å². The van der Waals surface area contributed by atoms with Crippen LogP contribution in [0.3, 0.4) is 0 Å². The van der Waals surface area contributed by atoms with Crippen molar-refractivity contribution in [2.45, 2.75) is 12.6 Å². The molecule has 0 fully saturated rings. The highest BCUT2D eigenvalue weighted by Crippen LogP contribution is 2.17. The maximum absolute atomic E-state index is 13.7. The Morgan fingerprint density at radius 1 is 1.25 bits per heavy atom. The maximum atomic E-state index is 13.7. The third-order valence-electron chi connectivity index (χ3n) is 2.89. The third kappa shape index (κ3) is 3.65. The molecule has 3 nitrogen and oxygen atoms in total. The van der Waals surface area contributed by atoms with E-state index in [-0.39, 0.29) is 12.4 Å². The first kappa shape index (κ1) is 14.7. The molecule has 0 aliphatic rings. The summed E-state index contributed by atoms with van der Waals surface area (Å²) in [6.45, 7) is 0.144. The normalized spacial score (nSPS) is 12.1. The second-order valence-corrected chi connectivity index (χ2v) is 5.21. The Balaban J connectivity index is 2.12. The van der Waals surface area contributed by atoms with Crippen LogP contribution in [-0.4, -0.2) is 11.1 Å². The fraction of sp³-hybridized carbons (Fsp3) is 0.133. The van der Waals surface area contributed by atoms with Crippen LogP contribution in [0, 0.1) is 5.82 Å². The van der Waals surface area contributed by atoms with Crippen molar-refractivity contribution in [2.24, 2.45) is 0 Å². The molecule has 20 heavy (non-hydrogen) atoms. The molecular formula is C15H13BrFNO2. The molecule has 0 radical (unpaired) electrons. The number of carbonyl (C=O) groups is 1. The van der Waals surface area contributed by atoms with Crippen LogP contribution in [0.4, 0.5) is 4.39 Å². The zero-order chi connectivity index (χ0) is 14.5. The summed E-state index contributed by atoms with van der Waals surface area (Å²) in [5.74, 6) is -1.36. The second-order valence-electron chi connectivity index (χ2n) is 4.30. The van der Waals surface area contributed by atoms with Crippen molar-refractivity contribution in [3.63, 3.8) is 0 Å². The maximum Gasteiger partial charge on any atom is 0.325 e. The van der Waals surface area contributed by atoms with Gasteiger partial charge in [0.25, 0.3) is 0 Å². The summed E-state index contributed by atoms with van der Waals surface area (Å²) in [5, 5.41) is 12.1. The number of rotatable bonds is 5. The highest BCUT2D eigenvalue weighted by atomic mass is 79.9. The van der Waals surface area contributed by atoms with Gasteiger partial charge < -0.3 is 5.11 Å². The summed E-state index contributed by atoms with van der Waals surface area (Å²) >= 11 is 3.18. The minimum absolute atomic E-state index is 0.144. The molecule has 0 heterocycles. The fourth-order valence-electron chi connectivity index (χ4n) is 1.87. The van der Waals surface area contributed by atoms with Crippen molar-refractivity contribution < 1.29 is 14.3 Å². The van der Waals surface area contributed by atoms with Crippen LogP contribution in [0.5, 0.6) is 0 Å². The standard InChI is InChI=1S/C15H13BrFNO2/c16-12-7-6-11(13(17)8-12)9-18-14(15(19)20)10-4-2-1-3-5-10/h1-8,14,18H,9H2,(H,19,20). The first-order chi connectivity index (χ1) is 9.58. The van der Waals surface area contributed by atoms with Gasteiger partial charge in [0.1, 0.15) is 11.9 Å². The highest BCUT2D eigenvalue weighted by Gasteiger charge is 2.19. The molecule has 0 bridgehead atoms. The van der Waals surface area contributed by atoms with Gasteiger partial charge in [0, 0.05) is 16.6 Å². The molecular weight excluding hydrogens is 325 g/mol. The van der Waals surface area contributed by atoms with Gasteiger partial charge in [0.15, 0.2) is 0 Å². The summed E-state index contributed by atoms with van der Waals surface area (Å²) in [4.78, 5) is 11.3. The molecule has 0 saturated carbocycles. The first-order valence-electron chi connectivity index (χ1n) is 6.03. The number of carboxylic acid groups (broad SMARTS) is 1. The average Bonchev–Trinajstić information content (AvgIpc) is 2.42. The minimum Gasteiger partial charge on any atom is -0.480 e. The van der Waals surface area contributed by atoms with Crippen LogP contribution in [0.2, 0.25) is 0 Å². The van der Waals surface area contributed by atoms with E-state index < -0.39 is 12.0 Å². The van der Waals surface area contributed by atoms with Gasteiger partial charge in [-0.05, 0) is 17.7 Å². The molecule has 2 N–H and O–H groups in total. The lowest BCUT2D eigenvalue weighted by molar-refractivity contribution is -0.139. The summed E-state index contributed by atoms with van der Waals surface area (Å²) in [5.41, 5.74) is 1.06. The molecule has 1 atom stereocenters. The fourth-order valence-corrected chi connectivity index (χ4v) is 2.20. The number of hydrogen-bond donors (Lipinski definition) is 2. The van der Waals surface area contributed by atoms with E-state index in [4.69, 9.17) is 0 Å². The molecule has 0 aliphatic carbocycles. The number of halogens is 2. The molecule has 2 aromatic rings. The topological polar surface area (TPSA) is 49.3 Å². The monoisotopic (exact) mass is 337 g/mol. The van der Waals surface area contributed by atoms with Crippen molar-refractivity contribution in [3.8, 4) is 0 Å². The Hall–Kier alpha value is -1.72. The van der Waals surface area contributed by atoms with E-state index in [0.717, 1.165) is 0 Å². The van der Waals surface area contributed by atoms with Crippen molar-refractivity contribution in [1.29, 1.82) is 0 Å². The Bertz CT molecular complexity index is 604. The van der Waals surface area contributed by atoms with E-state index in [1.165, 1.54) is 6.07 Å². The van der Waals surface area contributed by atoms with Crippen molar-refractivity contribution >= 4 is 21.9 Å². The molecule has 5 heteroatoms. The van der Waals surface area contributed by atoms with E-state index in [1.54, 1.807) is 36.4 Å². The van der Waals surface area contributed by atoms with E-state index >= 15 is 0 Å². The predicted octanol–water partition coefficient (Wildman–Crippen LogP) is 3.50. The van der Waals surface area contributed by atoms with Crippen LogP contribution < -0.4 is 5.32 Å². The quantitative estimate of drug-likeness (QED) is 0.877. The lowest BCUT2D eigenvalue weighted by atomic mass is 10.1. The summed E-state index contributed by atoms with van der Waals surface area (Å²) in [7, 11) is 0. The van der Waals surface area contributed by atoms with E-state index in [2.05, 4.69) is 21.2 Å². The van der Waals surface area contributed by atoms with Gasteiger partial charge in [-0.1, -0.05) is 52.3 Å². The zero-order valence-electron chi connectivity index (χ0n) is 10.5. The molecule has 2 rings (SSSR count).